The van der Waals surface area contributed by atoms with Crippen LogP contribution in [0.3, 0.4) is 0 Å². The van der Waals surface area contributed by atoms with Gasteiger partial charge in [0.1, 0.15) is 6.67 Å². The highest BCUT2D eigenvalue weighted by Crippen LogP contribution is 2.41. The van der Waals surface area contributed by atoms with Gasteiger partial charge in [0.2, 0.25) is 0 Å². The van der Waals surface area contributed by atoms with Crippen molar-refractivity contribution in [1.29, 1.82) is 0 Å². The summed E-state index contributed by atoms with van der Waals surface area (Å²) in [6, 6.07) is 10.9. The van der Waals surface area contributed by atoms with Crippen LogP contribution in [-0.4, -0.2) is 18.1 Å². The van der Waals surface area contributed by atoms with E-state index in [2.05, 4.69) is 46.5 Å². The Balaban J connectivity index is 1.12. The fourth-order valence-corrected chi connectivity index (χ4v) is 6.21. The average Bonchev–Trinajstić information content (AvgIpc) is 3.13. The number of anilines is 2. The lowest BCUT2D eigenvalue weighted by atomic mass is 9.69. The largest absolute Gasteiger partial charge is 0.360 e. The van der Waals surface area contributed by atoms with Crippen molar-refractivity contribution in [1.82, 2.24) is 5.32 Å². The lowest BCUT2D eigenvalue weighted by Gasteiger charge is -2.42. The number of rotatable bonds is 3. The Kier molecular flexibility index (Phi) is 4.83. The molecular formula is C23H34N3. The maximum absolute atomic E-state index is 4.08. The molecule has 1 aliphatic heterocycles. The van der Waals surface area contributed by atoms with Crippen LogP contribution in [0, 0.1) is 18.5 Å². The molecule has 1 aromatic carbocycles. The van der Waals surface area contributed by atoms with Crippen LogP contribution in [0.15, 0.2) is 24.3 Å². The molecule has 1 heterocycles. The molecular weight excluding hydrogens is 318 g/mol. The van der Waals surface area contributed by atoms with E-state index in [9.17, 15) is 0 Å². The van der Waals surface area contributed by atoms with Gasteiger partial charge in [0.15, 0.2) is 0 Å². The van der Waals surface area contributed by atoms with Gasteiger partial charge in [-0.2, -0.15) is 0 Å². The van der Waals surface area contributed by atoms with Crippen molar-refractivity contribution in [3.63, 3.8) is 0 Å². The molecule has 3 unspecified atom stereocenters. The van der Waals surface area contributed by atoms with Gasteiger partial charge in [-0.1, -0.05) is 37.8 Å². The Morgan fingerprint density at radius 1 is 0.808 bits per heavy atom. The van der Waals surface area contributed by atoms with Crippen LogP contribution in [0.5, 0.6) is 0 Å². The first-order valence-corrected chi connectivity index (χ1v) is 11.1. The third-order valence-electron chi connectivity index (χ3n) is 7.64. The molecule has 3 saturated carbocycles. The van der Waals surface area contributed by atoms with E-state index in [4.69, 9.17) is 0 Å². The fourth-order valence-electron chi connectivity index (χ4n) is 6.21. The predicted molar refractivity (Wildman–Crippen MR) is 109 cm³/mol. The Bertz CT molecular complexity index is 607. The van der Waals surface area contributed by atoms with Crippen LogP contribution in [-0.2, 0) is 0 Å². The molecule has 3 atom stereocenters. The quantitative estimate of drug-likeness (QED) is 0.773. The lowest BCUT2D eigenvalue weighted by molar-refractivity contribution is 0.134. The van der Waals surface area contributed by atoms with E-state index in [1.807, 2.05) is 0 Å². The highest BCUT2D eigenvalue weighted by molar-refractivity contribution is 5.77. The molecule has 141 valence electrons. The number of para-hydroxylation sites is 2. The number of fused-ring (bicyclic) bond motifs is 2. The van der Waals surface area contributed by atoms with Gasteiger partial charge in [0, 0.05) is 18.1 Å². The normalized spacial score (nSPS) is 36.9. The number of nitrogens with zero attached hydrogens (tertiary/aromatic N) is 1. The molecule has 1 radical (unpaired) electrons. The lowest BCUT2D eigenvalue weighted by Crippen LogP contribution is -2.47. The molecule has 3 nitrogen and oxygen atoms in total. The smallest absolute Gasteiger partial charge is 0.139 e. The van der Waals surface area contributed by atoms with Gasteiger partial charge in [-0.25, -0.2) is 0 Å². The molecule has 3 aliphatic carbocycles. The minimum Gasteiger partial charge on any atom is -0.360 e. The Morgan fingerprint density at radius 2 is 1.58 bits per heavy atom. The zero-order chi connectivity index (χ0) is 17.3. The zero-order valence-electron chi connectivity index (χ0n) is 16.0. The minimum atomic E-state index is 0.665. The molecule has 0 saturated heterocycles. The van der Waals surface area contributed by atoms with Gasteiger partial charge in [0.05, 0.1) is 11.4 Å². The van der Waals surface area contributed by atoms with Crippen LogP contribution < -0.4 is 15.5 Å². The predicted octanol–water partition coefficient (Wildman–Crippen LogP) is 5.30. The van der Waals surface area contributed by atoms with Gasteiger partial charge in [-0.3, -0.25) is 0 Å². The molecule has 0 amide bonds. The number of hydrogen-bond donors (Lipinski definition) is 2. The molecule has 3 fully saturated rings. The second-order valence-electron chi connectivity index (χ2n) is 9.18. The monoisotopic (exact) mass is 352 g/mol. The SMILES string of the molecule is [CH]1Nc2ccccc2N1C1CCC(NC2CCC3CCCCC3C2)CC1. The maximum atomic E-state index is 4.08. The van der Waals surface area contributed by atoms with Gasteiger partial charge in [-0.15, -0.1) is 0 Å². The summed E-state index contributed by atoms with van der Waals surface area (Å²) in [6.45, 7) is 2.19. The van der Waals surface area contributed by atoms with E-state index in [1.54, 1.807) is 0 Å². The third kappa shape index (κ3) is 3.35. The van der Waals surface area contributed by atoms with E-state index in [0.29, 0.717) is 6.04 Å². The summed E-state index contributed by atoms with van der Waals surface area (Å²) in [5.74, 6) is 2.10. The molecule has 0 spiro atoms. The Morgan fingerprint density at radius 3 is 2.46 bits per heavy atom. The Labute approximate surface area is 158 Å². The standard InChI is InChI=1S/C23H34N3/c1-2-6-18-15-20(10-9-17(18)5-1)25-19-11-13-21(14-12-19)26-16-24-22-7-3-4-8-23(22)26/h3-4,7-8,16-21,24-25H,1-2,5-6,9-15H2. The summed E-state index contributed by atoms with van der Waals surface area (Å²) in [7, 11) is 0. The minimum absolute atomic E-state index is 0.665. The van der Waals surface area contributed by atoms with Gasteiger partial charge in [-0.05, 0) is 68.9 Å². The number of hydrogen-bond acceptors (Lipinski definition) is 3. The third-order valence-corrected chi connectivity index (χ3v) is 7.64. The van der Waals surface area contributed by atoms with Crippen molar-refractivity contribution >= 4 is 11.4 Å². The maximum Gasteiger partial charge on any atom is 0.139 e. The van der Waals surface area contributed by atoms with Gasteiger partial charge < -0.3 is 15.5 Å². The van der Waals surface area contributed by atoms with Gasteiger partial charge >= 0.3 is 0 Å². The van der Waals surface area contributed by atoms with E-state index in [1.165, 1.54) is 82.0 Å². The molecule has 5 rings (SSSR count). The van der Waals surface area contributed by atoms with Crippen LogP contribution in [0.1, 0.15) is 70.6 Å². The first kappa shape index (κ1) is 16.9. The summed E-state index contributed by atoms with van der Waals surface area (Å²) < 4.78 is 0. The molecule has 26 heavy (non-hydrogen) atoms. The summed E-state index contributed by atoms with van der Waals surface area (Å²) in [4.78, 5) is 2.48. The van der Waals surface area contributed by atoms with Crippen molar-refractivity contribution in [2.45, 2.75) is 88.8 Å². The molecule has 0 aromatic heterocycles. The van der Waals surface area contributed by atoms with E-state index in [0.717, 1.165) is 23.9 Å². The first-order valence-electron chi connectivity index (χ1n) is 11.1. The van der Waals surface area contributed by atoms with E-state index >= 15 is 0 Å². The van der Waals surface area contributed by atoms with Crippen molar-refractivity contribution in [2.75, 3.05) is 10.2 Å². The van der Waals surface area contributed by atoms with Crippen molar-refractivity contribution in [3.8, 4) is 0 Å². The highest BCUT2D eigenvalue weighted by Gasteiger charge is 2.34. The van der Waals surface area contributed by atoms with E-state index in [-0.39, 0.29) is 0 Å². The molecule has 1 aromatic rings. The summed E-state index contributed by atoms with van der Waals surface area (Å²) in [5, 5.41) is 7.51. The second kappa shape index (κ2) is 7.42. The second-order valence-corrected chi connectivity index (χ2v) is 9.18. The van der Waals surface area contributed by atoms with Crippen LogP contribution >= 0.6 is 0 Å². The van der Waals surface area contributed by atoms with E-state index < -0.39 is 0 Å². The number of nitrogens with one attached hydrogen (secondary N) is 2. The van der Waals surface area contributed by atoms with Crippen molar-refractivity contribution < 1.29 is 0 Å². The zero-order valence-corrected chi connectivity index (χ0v) is 16.0. The molecule has 4 aliphatic rings. The number of benzene rings is 1. The summed E-state index contributed by atoms with van der Waals surface area (Å²) in [5.41, 5.74) is 2.62. The van der Waals surface area contributed by atoms with Crippen molar-refractivity contribution in [3.05, 3.63) is 30.9 Å². The Hall–Kier alpha value is -1.22. The van der Waals surface area contributed by atoms with Crippen LogP contribution in [0.4, 0.5) is 11.4 Å². The van der Waals surface area contributed by atoms with Crippen molar-refractivity contribution in [2.24, 2.45) is 11.8 Å². The topological polar surface area (TPSA) is 27.3 Å². The molecule has 2 N–H and O–H groups in total. The summed E-state index contributed by atoms with van der Waals surface area (Å²) in [6.07, 6.45) is 15.7. The van der Waals surface area contributed by atoms with Gasteiger partial charge in [0.25, 0.3) is 0 Å². The summed E-state index contributed by atoms with van der Waals surface area (Å²) >= 11 is 0. The van der Waals surface area contributed by atoms with Crippen LogP contribution in [0.25, 0.3) is 0 Å². The molecule has 3 heteroatoms. The average molecular weight is 353 g/mol. The molecule has 0 bridgehead atoms. The fraction of sp³-hybridized carbons (Fsp3) is 0.696. The highest BCUT2D eigenvalue weighted by atomic mass is 15.3. The first-order chi connectivity index (χ1) is 12.9. The van der Waals surface area contributed by atoms with Crippen LogP contribution in [0.2, 0.25) is 0 Å².